The fourth-order valence-electron chi connectivity index (χ4n) is 5.23. The van der Waals surface area contributed by atoms with Gasteiger partial charge < -0.3 is 19.1 Å². The number of alkyl halides is 3. The van der Waals surface area contributed by atoms with Crippen molar-refractivity contribution in [2.45, 2.75) is 24.4 Å². The molecule has 0 atom stereocenters. The highest BCUT2D eigenvalue weighted by Gasteiger charge is 2.43. The summed E-state index contributed by atoms with van der Waals surface area (Å²) in [6.45, 7) is 5.55. The smallest absolute Gasteiger partial charge is 0.453 e. The molecule has 1 aliphatic heterocycles. The lowest BCUT2D eigenvalue weighted by Gasteiger charge is -2.34. The molecule has 0 radical (unpaired) electrons. The molecule has 18 heteroatoms. The molecule has 2 aromatic heterocycles. The zero-order valence-corrected chi connectivity index (χ0v) is 29.9. The summed E-state index contributed by atoms with van der Waals surface area (Å²) >= 11 is 0.991. The van der Waals surface area contributed by atoms with Crippen molar-refractivity contribution < 1.29 is 50.2 Å². The number of rotatable bonds is 12. The Balaban J connectivity index is 1.46. The normalized spacial score (nSPS) is 13.8. The number of sulfone groups is 1. The van der Waals surface area contributed by atoms with Crippen molar-refractivity contribution >= 4 is 44.1 Å². The molecule has 4 aromatic rings. The van der Waals surface area contributed by atoms with E-state index < -0.39 is 45.0 Å². The summed E-state index contributed by atoms with van der Waals surface area (Å²) < 4.78 is 80.2. The Bertz CT molecular complexity index is 2050. The van der Waals surface area contributed by atoms with Gasteiger partial charge in [0, 0.05) is 63.2 Å². The number of halogens is 3. The average molecular weight is 762 g/mol. The predicted molar refractivity (Wildman–Crippen MR) is 184 cm³/mol. The number of esters is 1. The van der Waals surface area contributed by atoms with Crippen LogP contribution in [0.3, 0.4) is 0 Å². The number of amides is 2. The zero-order chi connectivity index (χ0) is 37.6. The van der Waals surface area contributed by atoms with E-state index in [1.165, 1.54) is 42.6 Å². The Hall–Kier alpha value is -4.91. The number of methoxy groups -OCH3 is 1. The van der Waals surface area contributed by atoms with Gasteiger partial charge in [0.25, 0.3) is 5.91 Å². The van der Waals surface area contributed by atoms with E-state index in [9.17, 15) is 36.0 Å². The SMILES string of the molecule is COCCN1CCN(C(=O)Cc2csc(NC(=O)c3cc(-c4ncccc4C)cc(Oc4ccc(S(C)(=O)=O)cc4)c3OC(=O)C(F)(F)F)n2)CC1. The lowest BCUT2D eigenvalue weighted by atomic mass is 10.0. The second-order valence-electron chi connectivity index (χ2n) is 11.7. The highest BCUT2D eigenvalue weighted by Crippen LogP contribution is 2.41. The van der Waals surface area contributed by atoms with Crippen molar-refractivity contribution in [2.24, 2.45) is 0 Å². The Morgan fingerprint density at radius 1 is 1.04 bits per heavy atom. The number of aryl methyl sites for hydroxylation is 1. The first-order valence-electron chi connectivity index (χ1n) is 15.7. The molecule has 1 saturated heterocycles. The molecule has 3 heterocycles. The maximum atomic E-state index is 13.8. The van der Waals surface area contributed by atoms with E-state index in [2.05, 4.69) is 20.2 Å². The summed E-state index contributed by atoms with van der Waals surface area (Å²) in [5, 5.41) is 4.14. The van der Waals surface area contributed by atoms with E-state index in [0.29, 0.717) is 49.7 Å². The number of pyridine rings is 1. The van der Waals surface area contributed by atoms with Crippen LogP contribution in [-0.2, 0) is 30.6 Å². The zero-order valence-electron chi connectivity index (χ0n) is 28.2. The van der Waals surface area contributed by atoms with Crippen molar-refractivity contribution in [1.82, 2.24) is 19.8 Å². The standard InChI is InChI=1S/C34H34F3N5O8S2/c1-21-5-4-10-38-29(21)22-17-26(30(50-32(45)34(35,36)37)27(18-22)49-24-6-8-25(9-7-24)52(3,46)47)31(44)40-33-39-23(20-51-33)19-28(43)42-13-11-41(12-14-42)15-16-48-2/h4-10,17-18,20H,11-16,19H2,1-3H3,(H,39,40,44). The van der Waals surface area contributed by atoms with Crippen LogP contribution in [0.25, 0.3) is 11.3 Å². The molecule has 0 spiro atoms. The Morgan fingerprint density at radius 3 is 2.38 bits per heavy atom. The maximum absolute atomic E-state index is 13.8. The van der Waals surface area contributed by atoms with Gasteiger partial charge in [-0.15, -0.1) is 11.3 Å². The summed E-state index contributed by atoms with van der Waals surface area (Å²) in [7, 11) is -1.96. The maximum Gasteiger partial charge on any atom is 0.491 e. The fraction of sp³-hybridized carbons (Fsp3) is 0.324. The van der Waals surface area contributed by atoms with Gasteiger partial charge in [0.1, 0.15) is 5.75 Å². The number of nitrogens with zero attached hydrogens (tertiary/aromatic N) is 4. The predicted octanol–water partition coefficient (Wildman–Crippen LogP) is 4.76. The summed E-state index contributed by atoms with van der Waals surface area (Å²) in [5.74, 6) is -5.14. The molecule has 0 bridgehead atoms. The molecule has 0 aliphatic carbocycles. The van der Waals surface area contributed by atoms with Crippen LogP contribution in [0.5, 0.6) is 17.2 Å². The molecule has 1 fully saturated rings. The highest BCUT2D eigenvalue weighted by atomic mass is 32.2. The Kier molecular flexibility index (Phi) is 11.9. The Morgan fingerprint density at radius 2 is 1.75 bits per heavy atom. The van der Waals surface area contributed by atoms with Crippen molar-refractivity contribution in [3.63, 3.8) is 0 Å². The van der Waals surface area contributed by atoms with Crippen molar-refractivity contribution in [3.05, 3.63) is 76.9 Å². The summed E-state index contributed by atoms with van der Waals surface area (Å²) in [6, 6.07) is 10.8. The molecular formula is C34H34F3N5O8S2. The van der Waals surface area contributed by atoms with Gasteiger partial charge in [0.2, 0.25) is 5.91 Å². The van der Waals surface area contributed by atoms with Crippen LogP contribution >= 0.6 is 11.3 Å². The number of anilines is 1. The van der Waals surface area contributed by atoms with Crippen LogP contribution in [0.2, 0.25) is 0 Å². The van der Waals surface area contributed by atoms with Crippen LogP contribution in [0.15, 0.2) is 65.0 Å². The van der Waals surface area contributed by atoms with Gasteiger partial charge in [-0.3, -0.25) is 24.8 Å². The number of aromatic nitrogens is 2. The molecule has 52 heavy (non-hydrogen) atoms. The first-order chi connectivity index (χ1) is 24.6. The summed E-state index contributed by atoms with van der Waals surface area (Å²) in [5.41, 5.74) is 1.06. The lowest BCUT2D eigenvalue weighted by Crippen LogP contribution is -2.49. The minimum absolute atomic E-state index is 0.0311. The molecule has 2 amide bonds. The number of thiazole rings is 1. The number of carbonyl (C=O) groups is 3. The van der Waals surface area contributed by atoms with Crippen LogP contribution in [0.1, 0.15) is 21.6 Å². The van der Waals surface area contributed by atoms with Crippen molar-refractivity contribution in [3.8, 4) is 28.5 Å². The monoisotopic (exact) mass is 761 g/mol. The quantitative estimate of drug-likeness (QED) is 0.157. The van der Waals surface area contributed by atoms with Crippen LogP contribution < -0.4 is 14.8 Å². The third kappa shape index (κ3) is 9.69. The van der Waals surface area contributed by atoms with E-state index in [4.69, 9.17) is 14.2 Å². The largest absolute Gasteiger partial charge is 0.491 e. The number of hydrogen-bond donors (Lipinski definition) is 1. The van der Waals surface area contributed by atoms with Gasteiger partial charge >= 0.3 is 12.1 Å². The molecular weight excluding hydrogens is 728 g/mol. The van der Waals surface area contributed by atoms with Gasteiger partial charge in [-0.1, -0.05) is 6.07 Å². The topological polar surface area (TPSA) is 157 Å². The molecule has 5 rings (SSSR count). The van der Waals surface area contributed by atoms with Crippen LogP contribution in [0, 0.1) is 6.92 Å². The average Bonchev–Trinajstić information content (AvgIpc) is 3.53. The van der Waals surface area contributed by atoms with Gasteiger partial charge in [0.15, 0.2) is 26.5 Å². The van der Waals surface area contributed by atoms with E-state index in [1.54, 1.807) is 36.4 Å². The second kappa shape index (κ2) is 16.2. The third-order valence-electron chi connectivity index (χ3n) is 7.93. The first-order valence-corrected chi connectivity index (χ1v) is 18.5. The number of carbonyl (C=O) groups excluding carboxylic acids is 3. The van der Waals surface area contributed by atoms with E-state index in [0.717, 1.165) is 24.1 Å². The van der Waals surface area contributed by atoms with Gasteiger partial charge in [-0.2, -0.15) is 13.2 Å². The molecule has 276 valence electrons. The number of benzene rings is 2. The molecule has 13 nitrogen and oxygen atoms in total. The lowest BCUT2D eigenvalue weighted by molar-refractivity contribution is -0.189. The van der Waals surface area contributed by atoms with Gasteiger partial charge in [-0.05, 0) is 55.0 Å². The Labute approximate surface area is 301 Å². The molecule has 1 aliphatic rings. The van der Waals surface area contributed by atoms with Crippen LogP contribution in [0.4, 0.5) is 18.3 Å². The molecule has 0 unspecified atom stereocenters. The number of piperazine rings is 1. The van der Waals surface area contributed by atoms with E-state index in [-0.39, 0.29) is 33.7 Å². The minimum atomic E-state index is -5.44. The number of hydrogen-bond acceptors (Lipinski definition) is 12. The summed E-state index contributed by atoms with van der Waals surface area (Å²) in [4.78, 5) is 51.5. The van der Waals surface area contributed by atoms with Crippen molar-refractivity contribution in [2.75, 3.05) is 58.0 Å². The van der Waals surface area contributed by atoms with Crippen molar-refractivity contribution in [1.29, 1.82) is 0 Å². The second-order valence-corrected chi connectivity index (χ2v) is 14.6. The first kappa shape index (κ1) is 38.3. The molecule has 0 saturated carbocycles. The van der Waals surface area contributed by atoms with Gasteiger partial charge in [0.05, 0.1) is 34.9 Å². The molecule has 2 aromatic carbocycles. The summed E-state index contributed by atoms with van der Waals surface area (Å²) in [6.07, 6.45) is -3.00. The highest BCUT2D eigenvalue weighted by molar-refractivity contribution is 7.90. The van der Waals surface area contributed by atoms with Crippen LogP contribution in [-0.4, -0.2) is 105 Å². The fourth-order valence-corrected chi connectivity index (χ4v) is 6.56. The molecule has 1 N–H and O–H groups in total. The number of ether oxygens (including phenoxy) is 3. The van der Waals surface area contributed by atoms with Gasteiger partial charge in [-0.25, -0.2) is 18.2 Å². The van der Waals surface area contributed by atoms with E-state index >= 15 is 0 Å². The van der Waals surface area contributed by atoms with E-state index in [1.807, 2.05) is 0 Å². The number of nitrogens with one attached hydrogen (secondary N) is 1. The third-order valence-corrected chi connectivity index (χ3v) is 9.86. The minimum Gasteiger partial charge on any atom is -0.453 e.